The van der Waals surface area contributed by atoms with Gasteiger partial charge in [-0.25, -0.2) is 18.9 Å². The Hall–Kier alpha value is -6.71. The molecule has 7 aromatic rings. The average molecular weight is 1150 g/mol. The first kappa shape index (κ1) is 56.0. The van der Waals surface area contributed by atoms with Crippen LogP contribution in [0.4, 0.5) is 57.7 Å². The Morgan fingerprint density at radius 1 is 0.547 bits per heavy atom. The van der Waals surface area contributed by atoms with E-state index in [0.29, 0.717) is 28.9 Å². The van der Waals surface area contributed by atoms with E-state index in [0.717, 1.165) is 24.3 Å². The minimum atomic E-state index is -4.95. The number of benzene rings is 6. The van der Waals surface area contributed by atoms with Crippen molar-refractivity contribution in [2.75, 3.05) is 28.3 Å². The van der Waals surface area contributed by atoms with Crippen LogP contribution in [0.2, 0.25) is 0 Å². The van der Waals surface area contributed by atoms with Crippen molar-refractivity contribution in [3.05, 3.63) is 120 Å². The zero-order valence-corrected chi connectivity index (χ0v) is 42.8. The maximum Gasteiger partial charge on any atom is 0.296 e. The van der Waals surface area contributed by atoms with Crippen molar-refractivity contribution in [3.63, 3.8) is 0 Å². The van der Waals surface area contributed by atoms with E-state index in [4.69, 9.17) is 14.7 Å². The summed E-state index contributed by atoms with van der Waals surface area (Å²) in [7, 11) is -18.2. The molecule has 394 valence electrons. The van der Waals surface area contributed by atoms with Gasteiger partial charge in [-0.05, 0) is 116 Å². The lowest BCUT2D eigenvalue weighted by atomic mass is 10.1. The Labute approximate surface area is 433 Å². The first-order chi connectivity index (χ1) is 35.5. The Morgan fingerprint density at radius 2 is 1.13 bits per heavy atom. The molecule has 1 aromatic heterocycles. The van der Waals surface area contributed by atoms with E-state index in [-0.39, 0.29) is 91.5 Å². The molecule has 0 aliphatic heterocycles. The van der Waals surface area contributed by atoms with Crippen molar-refractivity contribution in [2.45, 2.75) is 38.3 Å². The van der Waals surface area contributed by atoms with E-state index in [1.165, 1.54) is 72.8 Å². The lowest BCUT2D eigenvalue weighted by Crippen LogP contribution is -2.11. The second kappa shape index (κ2) is 23.9. The third-order valence-corrected chi connectivity index (χ3v) is 15.2. The van der Waals surface area contributed by atoms with E-state index < -0.39 is 60.6 Å². The third-order valence-electron chi connectivity index (χ3n) is 9.95. The first-order valence-electron chi connectivity index (χ1n) is 20.5. The molecule has 0 amide bonds. The standard InChI is InChI=1S/C41H36N10O18S6/c1-23-20-34(50-51-35-22-27(70-68-66-52)11-16-36(35)74(59,60)61)24(2)19-33(23)49-48-31-14-15-32(38-30(31)7-4-8-37(38)75(62,63)64)44-41-46-39(45-40(47-41)43-26-5-3-6-29(21-26)73(56,57)58)42-25-9-12-28(13-10-25)72(54,55)18-17-65-71-69-67-53/h3-16,19-22,52-53H,17-18H2,1-2H3,(H,56,57,58)(H,59,60,61)(H,62,63,64)(H3,42,43,44,45,46,47). The Bertz CT molecular complexity index is 3800. The largest absolute Gasteiger partial charge is 0.324 e. The maximum absolute atomic E-state index is 12.9. The van der Waals surface area contributed by atoms with Crippen LogP contribution in [0.25, 0.3) is 10.8 Å². The van der Waals surface area contributed by atoms with E-state index in [2.05, 4.69) is 70.1 Å². The van der Waals surface area contributed by atoms with Gasteiger partial charge < -0.3 is 16.0 Å². The fraction of sp³-hybridized carbons (Fsp3) is 0.0976. The van der Waals surface area contributed by atoms with Crippen LogP contribution in [0.3, 0.4) is 0 Å². The molecular formula is C41H36N10O18S6. The summed E-state index contributed by atoms with van der Waals surface area (Å²) < 4.78 is 143. The summed E-state index contributed by atoms with van der Waals surface area (Å²) in [5, 5.41) is 49.4. The molecule has 7 rings (SSSR count). The molecule has 0 unspecified atom stereocenters. The number of aryl methyl sites for hydroxylation is 2. The molecule has 0 spiro atoms. The number of hydrogen-bond donors (Lipinski definition) is 8. The van der Waals surface area contributed by atoms with Gasteiger partial charge in [0, 0.05) is 27.0 Å². The van der Waals surface area contributed by atoms with Gasteiger partial charge in [0.2, 0.25) is 17.8 Å². The summed E-state index contributed by atoms with van der Waals surface area (Å²) in [5.74, 6) is -1.14. The first-order valence-corrected chi connectivity index (χ1v) is 27.9. The molecule has 28 nitrogen and oxygen atoms in total. The summed E-state index contributed by atoms with van der Waals surface area (Å²) >= 11 is 0.737. The number of hydrogen-bond acceptors (Lipinski definition) is 27. The molecule has 0 saturated carbocycles. The van der Waals surface area contributed by atoms with Gasteiger partial charge in [0.25, 0.3) is 30.4 Å². The number of anilines is 6. The molecule has 75 heavy (non-hydrogen) atoms. The Morgan fingerprint density at radius 3 is 1.75 bits per heavy atom. The zero-order chi connectivity index (χ0) is 54.1. The predicted octanol–water partition coefficient (Wildman–Crippen LogP) is 9.65. The smallest absolute Gasteiger partial charge is 0.296 e. The van der Waals surface area contributed by atoms with E-state index in [1.807, 2.05) is 0 Å². The fourth-order valence-electron chi connectivity index (χ4n) is 6.61. The molecule has 6 aromatic carbocycles. The summed E-state index contributed by atoms with van der Waals surface area (Å²) in [6, 6.07) is 24.0. The van der Waals surface area contributed by atoms with Gasteiger partial charge in [-0.15, -0.1) is 18.9 Å². The van der Waals surface area contributed by atoms with Gasteiger partial charge in [-0.3, -0.25) is 17.8 Å². The number of aromatic nitrogens is 3. The summed E-state index contributed by atoms with van der Waals surface area (Å²) in [6.07, 6.45) is 0. The highest BCUT2D eigenvalue weighted by atomic mass is 32.2. The molecule has 0 radical (unpaired) electrons. The highest BCUT2D eigenvalue weighted by Crippen LogP contribution is 2.40. The molecular weight excluding hydrogens is 1110 g/mol. The minimum absolute atomic E-state index is 0.0123. The van der Waals surface area contributed by atoms with Crippen LogP contribution in [-0.4, -0.2) is 85.2 Å². The number of nitrogens with one attached hydrogen (secondary N) is 3. The molecule has 8 N–H and O–H groups in total. The van der Waals surface area contributed by atoms with Crippen molar-refractivity contribution in [1.82, 2.24) is 15.0 Å². The third kappa shape index (κ3) is 14.8. The zero-order valence-electron chi connectivity index (χ0n) is 37.9. The molecule has 0 saturated heterocycles. The van der Waals surface area contributed by atoms with Gasteiger partial charge in [0.05, 0.1) is 56.9 Å². The quantitative estimate of drug-likeness (QED) is 0.00737. The number of nitrogens with zero attached hydrogens (tertiary/aromatic N) is 7. The second-order valence-corrected chi connectivity index (χ2v) is 22.6. The summed E-state index contributed by atoms with van der Waals surface area (Å²) in [6.45, 7) is 2.99. The fourth-order valence-corrected chi connectivity index (χ4v) is 10.3. The van der Waals surface area contributed by atoms with Crippen molar-refractivity contribution >= 4 is 133 Å². The number of azo groups is 2. The van der Waals surface area contributed by atoms with Crippen molar-refractivity contribution < 1.29 is 80.8 Å². The molecule has 0 aliphatic carbocycles. The van der Waals surface area contributed by atoms with E-state index >= 15 is 0 Å². The van der Waals surface area contributed by atoms with Gasteiger partial charge in [-0.2, -0.15) is 50.4 Å². The Kier molecular flexibility index (Phi) is 17.8. The number of rotatable bonds is 23. The van der Waals surface area contributed by atoms with Gasteiger partial charge >= 0.3 is 0 Å². The van der Waals surface area contributed by atoms with Crippen molar-refractivity contribution in [2.24, 2.45) is 20.5 Å². The summed E-state index contributed by atoms with van der Waals surface area (Å²) in [5.41, 5.74) is 1.80. The molecule has 1 heterocycles. The molecule has 0 atom stereocenters. The van der Waals surface area contributed by atoms with Crippen LogP contribution < -0.4 is 16.0 Å². The SMILES string of the molecule is Cc1cc(N=Nc2ccc(Nc3nc(Nc4ccc(S(=O)(=O)CCOSOOO)cc4)nc(Nc4cccc(S(=O)(=O)O)c4)n3)c3c(S(=O)(=O)O)cccc23)c(C)cc1N=Nc1cc(SOOO)ccc1S(=O)(=O)O. The van der Waals surface area contributed by atoms with Crippen LogP contribution in [-0.2, 0) is 63.1 Å². The van der Waals surface area contributed by atoms with Gasteiger partial charge in [-0.1, -0.05) is 28.3 Å². The lowest BCUT2D eigenvalue weighted by Gasteiger charge is -2.15. The van der Waals surface area contributed by atoms with Crippen molar-refractivity contribution in [3.8, 4) is 0 Å². The second-order valence-electron chi connectivity index (χ2n) is 15.0. The van der Waals surface area contributed by atoms with Crippen LogP contribution in [0.5, 0.6) is 0 Å². The molecule has 0 bridgehead atoms. The maximum atomic E-state index is 12.9. The highest BCUT2D eigenvalue weighted by Gasteiger charge is 2.22. The molecule has 0 fully saturated rings. The van der Waals surface area contributed by atoms with Gasteiger partial charge in [0.1, 0.15) is 15.5 Å². The lowest BCUT2D eigenvalue weighted by molar-refractivity contribution is -0.434. The van der Waals surface area contributed by atoms with Gasteiger partial charge in [0.15, 0.2) is 22.2 Å². The monoisotopic (exact) mass is 1150 g/mol. The average Bonchev–Trinajstić information content (AvgIpc) is 3.35. The van der Waals surface area contributed by atoms with Crippen LogP contribution in [0.15, 0.2) is 154 Å². The predicted molar refractivity (Wildman–Crippen MR) is 268 cm³/mol. The number of fused-ring (bicyclic) bond motifs is 1. The van der Waals surface area contributed by atoms with Crippen LogP contribution >= 0.6 is 24.4 Å². The molecule has 34 heteroatoms. The Balaban J connectivity index is 1.22. The minimum Gasteiger partial charge on any atom is -0.324 e. The van der Waals surface area contributed by atoms with Crippen LogP contribution in [0, 0.1) is 13.8 Å². The topological polar surface area (TPSA) is 408 Å². The highest BCUT2D eigenvalue weighted by molar-refractivity contribution is 7.94. The van der Waals surface area contributed by atoms with Crippen LogP contribution in [0.1, 0.15) is 11.1 Å². The number of sulfone groups is 1. The normalized spacial score (nSPS) is 12.5. The molecule has 0 aliphatic rings. The summed E-state index contributed by atoms with van der Waals surface area (Å²) in [4.78, 5) is 11.7. The van der Waals surface area contributed by atoms with E-state index in [1.54, 1.807) is 26.0 Å². The van der Waals surface area contributed by atoms with Crippen molar-refractivity contribution in [1.29, 1.82) is 0 Å². The van der Waals surface area contributed by atoms with E-state index in [9.17, 15) is 47.3 Å².